The number of primary sulfonamides is 1. The van der Waals surface area contributed by atoms with Crippen LogP contribution in [0, 0.1) is 6.20 Å². The van der Waals surface area contributed by atoms with Crippen LogP contribution in [0.1, 0.15) is 5.69 Å². The molecule has 1 aromatic heterocycles. The summed E-state index contributed by atoms with van der Waals surface area (Å²) in [6.45, 7) is 0. The number of nitrogens with two attached hydrogens (primary N) is 1. The molecule has 0 atom stereocenters. The Balaban J connectivity index is 0.00000121. The summed E-state index contributed by atoms with van der Waals surface area (Å²) in [6.07, 6.45) is 2.74. The van der Waals surface area contributed by atoms with Gasteiger partial charge in [0.1, 0.15) is 0 Å². The zero-order valence-electron chi connectivity index (χ0n) is 5.91. The number of sulfonamides is 1. The van der Waals surface area contributed by atoms with E-state index in [0.717, 1.165) is 0 Å². The Kier molecular flexibility index (Phi) is 4.65. The first-order valence-corrected chi connectivity index (χ1v) is 4.57. The molecule has 8 heteroatoms. The summed E-state index contributed by atoms with van der Waals surface area (Å²) in [5, 5.41) is 13.9. The fraction of sp³-hybridized carbons (Fsp3) is 0.500. The van der Waals surface area contributed by atoms with E-state index in [1.54, 1.807) is 0 Å². The number of aryl methyl sites for hydroxylation is 1. The molecule has 1 heterocycles. The van der Waals surface area contributed by atoms with Gasteiger partial charge >= 0.3 is 22.4 Å². The number of aromatic nitrogens is 3. The van der Waals surface area contributed by atoms with Crippen molar-refractivity contribution in [2.24, 2.45) is 5.14 Å². The standard InChI is InChI=1S/C4H7N4O2S.Au/c5-11(9,10)2-1-4-3-6-8-7-4;/h1-2H2,(H2,5,9,10)(H,6,7,8);/q-1;+1. The molecule has 0 aliphatic rings. The van der Waals surface area contributed by atoms with Gasteiger partial charge in [0.25, 0.3) is 0 Å². The average molecular weight is 372 g/mol. The van der Waals surface area contributed by atoms with Crippen molar-refractivity contribution in [3.05, 3.63) is 11.9 Å². The molecule has 72 valence electrons. The van der Waals surface area contributed by atoms with E-state index in [9.17, 15) is 8.42 Å². The Labute approximate surface area is 85.5 Å². The Morgan fingerprint density at radius 3 is 2.67 bits per heavy atom. The van der Waals surface area contributed by atoms with Gasteiger partial charge in [-0.05, 0) is 6.42 Å². The Hall–Kier alpha value is -0.210. The van der Waals surface area contributed by atoms with E-state index in [2.05, 4.69) is 21.6 Å². The van der Waals surface area contributed by atoms with Gasteiger partial charge in [-0.3, -0.25) is 0 Å². The van der Waals surface area contributed by atoms with Crippen LogP contribution in [-0.2, 0) is 38.8 Å². The molecular formula is C4H7AuN4O2S. The second kappa shape index (κ2) is 4.73. The molecule has 0 fully saturated rings. The first-order valence-electron chi connectivity index (χ1n) is 2.86. The molecule has 3 N–H and O–H groups in total. The van der Waals surface area contributed by atoms with E-state index >= 15 is 0 Å². The summed E-state index contributed by atoms with van der Waals surface area (Å²) in [6, 6.07) is 0. The maximum Gasteiger partial charge on any atom is 1.00 e. The van der Waals surface area contributed by atoms with E-state index < -0.39 is 10.0 Å². The first kappa shape index (κ1) is 11.8. The fourth-order valence-corrected chi connectivity index (χ4v) is 1.04. The summed E-state index contributed by atoms with van der Waals surface area (Å²) >= 11 is 0. The molecule has 0 aromatic carbocycles. The van der Waals surface area contributed by atoms with Crippen molar-refractivity contribution < 1.29 is 30.8 Å². The maximum atomic E-state index is 10.4. The number of rotatable bonds is 3. The molecule has 1 rings (SSSR count). The van der Waals surface area contributed by atoms with Crippen LogP contribution < -0.4 is 5.14 Å². The number of hydrogen-bond donors (Lipinski definition) is 2. The van der Waals surface area contributed by atoms with Crippen LogP contribution in [0.15, 0.2) is 0 Å². The molecule has 0 aliphatic heterocycles. The molecule has 0 unspecified atom stereocenters. The van der Waals surface area contributed by atoms with Crippen molar-refractivity contribution >= 4 is 10.0 Å². The van der Waals surface area contributed by atoms with E-state index in [1.807, 2.05) is 0 Å². The third-order valence-corrected chi connectivity index (χ3v) is 1.83. The van der Waals surface area contributed by atoms with Gasteiger partial charge in [0.2, 0.25) is 10.0 Å². The molecule has 1 aromatic rings. The second-order valence-electron chi connectivity index (χ2n) is 2.02. The topological polar surface area (TPSA) is 102 Å². The summed E-state index contributed by atoms with van der Waals surface area (Å²) in [4.78, 5) is 0. The van der Waals surface area contributed by atoms with E-state index in [0.29, 0.717) is 5.69 Å². The van der Waals surface area contributed by atoms with Crippen LogP contribution in [0.5, 0.6) is 0 Å². The Bertz CT molecular complexity index is 308. The van der Waals surface area contributed by atoms with Crippen LogP contribution in [0.3, 0.4) is 0 Å². The summed E-state index contributed by atoms with van der Waals surface area (Å²) in [5.41, 5.74) is 0.541. The summed E-state index contributed by atoms with van der Waals surface area (Å²) in [5.74, 6) is -0.118. The van der Waals surface area contributed by atoms with Crippen LogP contribution in [-0.4, -0.2) is 29.6 Å². The zero-order valence-corrected chi connectivity index (χ0v) is 8.90. The summed E-state index contributed by atoms with van der Waals surface area (Å²) in [7, 11) is -3.40. The second-order valence-corrected chi connectivity index (χ2v) is 3.75. The van der Waals surface area contributed by atoms with Gasteiger partial charge in [-0.15, -0.1) is 10.9 Å². The van der Waals surface area contributed by atoms with Crippen molar-refractivity contribution in [3.8, 4) is 0 Å². The van der Waals surface area contributed by atoms with Gasteiger partial charge in [-0.1, -0.05) is 0 Å². The van der Waals surface area contributed by atoms with E-state index in [-0.39, 0.29) is 34.6 Å². The molecular weight excluding hydrogens is 365 g/mol. The van der Waals surface area contributed by atoms with E-state index in [4.69, 9.17) is 5.14 Å². The van der Waals surface area contributed by atoms with Gasteiger partial charge in [0.05, 0.1) is 5.75 Å². The maximum absolute atomic E-state index is 10.4. The molecule has 0 bridgehead atoms. The minimum Gasteiger partial charge on any atom is -0.352 e. The monoisotopic (exact) mass is 372 g/mol. The first-order chi connectivity index (χ1) is 5.08. The SMILES string of the molecule is NS(=O)(=O)CCc1[c-]nn[nH]1.[Au+]. The third-order valence-electron chi connectivity index (χ3n) is 1.06. The predicted molar refractivity (Wildman–Crippen MR) is 36.9 cm³/mol. The third kappa shape index (κ3) is 4.62. The van der Waals surface area contributed by atoms with Crippen LogP contribution in [0.2, 0.25) is 0 Å². The van der Waals surface area contributed by atoms with Crippen LogP contribution >= 0.6 is 0 Å². The molecule has 12 heavy (non-hydrogen) atoms. The number of H-pyrrole nitrogens is 1. The predicted octanol–water partition coefficient (Wildman–Crippen LogP) is -1.57. The van der Waals surface area contributed by atoms with Crippen LogP contribution in [0.4, 0.5) is 0 Å². The van der Waals surface area contributed by atoms with Crippen molar-refractivity contribution in [1.82, 2.24) is 15.4 Å². The van der Waals surface area contributed by atoms with Crippen LogP contribution in [0.25, 0.3) is 0 Å². The number of nitrogens with zero attached hydrogens (tertiary/aromatic N) is 2. The summed E-state index contributed by atoms with van der Waals surface area (Å²) < 4.78 is 20.9. The van der Waals surface area contributed by atoms with Gasteiger partial charge in [0.15, 0.2) is 0 Å². The normalized spacial score (nSPS) is 10.8. The smallest absolute Gasteiger partial charge is 0.352 e. The largest absolute Gasteiger partial charge is 1.00 e. The Morgan fingerprint density at radius 2 is 2.25 bits per heavy atom. The van der Waals surface area contributed by atoms with Crippen molar-refractivity contribution in [3.63, 3.8) is 0 Å². The Morgan fingerprint density at radius 1 is 1.58 bits per heavy atom. The number of hydrogen-bond acceptors (Lipinski definition) is 4. The van der Waals surface area contributed by atoms with Gasteiger partial charge < -0.3 is 16.4 Å². The zero-order chi connectivity index (χ0) is 8.32. The molecule has 6 nitrogen and oxygen atoms in total. The van der Waals surface area contributed by atoms with Crippen molar-refractivity contribution in [2.75, 3.05) is 5.75 Å². The molecule has 0 radical (unpaired) electrons. The van der Waals surface area contributed by atoms with E-state index in [1.165, 1.54) is 0 Å². The number of nitrogens with one attached hydrogen (secondary N) is 1. The quantitative estimate of drug-likeness (QED) is 0.495. The van der Waals surface area contributed by atoms with Crippen molar-refractivity contribution in [1.29, 1.82) is 0 Å². The molecule has 0 spiro atoms. The minimum atomic E-state index is -3.40. The van der Waals surface area contributed by atoms with Crippen molar-refractivity contribution in [2.45, 2.75) is 6.42 Å². The van der Waals surface area contributed by atoms with Gasteiger partial charge in [-0.25, -0.2) is 13.6 Å². The fourth-order valence-electron chi connectivity index (χ4n) is 0.552. The van der Waals surface area contributed by atoms with Gasteiger partial charge in [0, 0.05) is 0 Å². The molecule has 0 saturated carbocycles. The molecule has 0 saturated heterocycles. The van der Waals surface area contributed by atoms with Gasteiger partial charge in [-0.2, -0.15) is 0 Å². The molecule has 0 amide bonds. The number of aromatic amines is 1. The average Bonchev–Trinajstić information content (AvgIpc) is 2.32. The molecule has 0 aliphatic carbocycles. The minimum absolute atomic E-state index is 0.